The molecule has 0 aliphatic rings. The molecule has 0 radical (unpaired) electrons. The lowest BCUT2D eigenvalue weighted by Gasteiger charge is -2.03. The number of pyridine rings is 1. The van der Waals surface area contributed by atoms with Crippen molar-refractivity contribution in [1.29, 1.82) is 0 Å². The second kappa shape index (κ2) is 4.12. The van der Waals surface area contributed by atoms with Crippen molar-refractivity contribution in [3.8, 4) is 10.7 Å². The summed E-state index contributed by atoms with van der Waals surface area (Å²) in [5.74, 6) is 0. The summed E-state index contributed by atoms with van der Waals surface area (Å²) in [4.78, 5) is 6.08. The van der Waals surface area contributed by atoms with E-state index in [9.17, 15) is 0 Å². The Morgan fingerprint density at radius 1 is 1.33 bits per heavy atom. The van der Waals surface area contributed by atoms with Crippen LogP contribution in [0.2, 0.25) is 5.02 Å². The lowest BCUT2D eigenvalue weighted by Crippen LogP contribution is -2.07. The van der Waals surface area contributed by atoms with Crippen molar-refractivity contribution in [1.82, 2.24) is 15.2 Å². The van der Waals surface area contributed by atoms with Gasteiger partial charge in [-0.2, -0.15) is 0 Å². The average molecular weight is 241 g/mol. The van der Waals surface area contributed by atoms with Crippen LogP contribution in [0.25, 0.3) is 10.7 Å². The van der Waals surface area contributed by atoms with Crippen LogP contribution < -0.4 is 4.90 Å². The van der Waals surface area contributed by atoms with Crippen molar-refractivity contribution in [2.24, 2.45) is 0 Å². The van der Waals surface area contributed by atoms with Crippen LogP contribution in [0.15, 0.2) is 18.3 Å². The number of hydrogen-bond acceptors (Lipinski definition) is 5. The molecule has 6 heteroatoms. The highest BCUT2D eigenvalue weighted by atomic mass is 35.5. The molecule has 2 aromatic rings. The van der Waals surface area contributed by atoms with E-state index in [4.69, 9.17) is 11.6 Å². The molecule has 2 rings (SSSR count). The SMILES string of the molecule is CN(C)c1nnc(-c2ncccc2Cl)s1. The quantitative estimate of drug-likeness (QED) is 0.808. The Labute approximate surface area is 96.5 Å². The fraction of sp³-hybridized carbons (Fsp3) is 0.222. The first kappa shape index (κ1) is 10.3. The van der Waals surface area contributed by atoms with Gasteiger partial charge in [0, 0.05) is 20.3 Å². The maximum atomic E-state index is 6.01. The van der Waals surface area contributed by atoms with Crippen LogP contribution in [-0.2, 0) is 0 Å². The fourth-order valence-corrected chi connectivity index (χ4v) is 2.08. The molecule has 0 saturated heterocycles. The Balaban J connectivity index is 2.42. The maximum absolute atomic E-state index is 6.01. The Hall–Kier alpha value is -1.20. The predicted octanol–water partition coefficient (Wildman–Crippen LogP) is 2.32. The van der Waals surface area contributed by atoms with Gasteiger partial charge in [-0.05, 0) is 12.1 Å². The van der Waals surface area contributed by atoms with Gasteiger partial charge in [0.15, 0.2) is 5.01 Å². The number of aromatic nitrogens is 3. The van der Waals surface area contributed by atoms with E-state index < -0.39 is 0 Å². The third-order valence-corrected chi connectivity index (χ3v) is 3.16. The monoisotopic (exact) mass is 240 g/mol. The van der Waals surface area contributed by atoms with E-state index in [1.165, 1.54) is 11.3 Å². The summed E-state index contributed by atoms with van der Waals surface area (Å²) < 4.78 is 0. The molecule has 2 heterocycles. The summed E-state index contributed by atoms with van der Waals surface area (Å²) >= 11 is 7.48. The molecule has 78 valence electrons. The molecule has 4 nitrogen and oxygen atoms in total. The summed E-state index contributed by atoms with van der Waals surface area (Å²) in [7, 11) is 3.84. The molecule has 0 aromatic carbocycles. The molecule has 0 aliphatic carbocycles. The number of hydrogen-bond donors (Lipinski definition) is 0. The van der Waals surface area contributed by atoms with Crippen molar-refractivity contribution in [2.45, 2.75) is 0 Å². The normalized spacial score (nSPS) is 10.3. The van der Waals surface area contributed by atoms with E-state index in [1.807, 2.05) is 19.0 Å². The van der Waals surface area contributed by atoms with Gasteiger partial charge in [0.05, 0.1) is 5.02 Å². The smallest absolute Gasteiger partial charge is 0.208 e. The molecule has 0 spiro atoms. The summed E-state index contributed by atoms with van der Waals surface area (Å²) in [6, 6.07) is 3.58. The Kier molecular flexibility index (Phi) is 2.83. The first-order chi connectivity index (χ1) is 7.18. The summed E-state index contributed by atoms with van der Waals surface area (Å²) in [6.45, 7) is 0. The van der Waals surface area contributed by atoms with Gasteiger partial charge in [-0.15, -0.1) is 10.2 Å². The topological polar surface area (TPSA) is 41.9 Å². The fourth-order valence-electron chi connectivity index (χ4n) is 1.03. The molecular formula is C9H9ClN4S. The first-order valence-corrected chi connectivity index (χ1v) is 5.49. The average Bonchev–Trinajstić information content (AvgIpc) is 2.67. The Morgan fingerprint density at radius 3 is 2.73 bits per heavy atom. The van der Waals surface area contributed by atoms with E-state index in [1.54, 1.807) is 18.3 Å². The van der Waals surface area contributed by atoms with Gasteiger partial charge in [0.2, 0.25) is 5.13 Å². The highest BCUT2D eigenvalue weighted by Gasteiger charge is 2.11. The number of halogens is 1. The van der Waals surface area contributed by atoms with Crippen molar-refractivity contribution < 1.29 is 0 Å². The van der Waals surface area contributed by atoms with Crippen molar-refractivity contribution in [3.63, 3.8) is 0 Å². The molecular weight excluding hydrogens is 232 g/mol. The zero-order valence-electron chi connectivity index (χ0n) is 8.31. The van der Waals surface area contributed by atoms with Crippen molar-refractivity contribution in [2.75, 3.05) is 19.0 Å². The van der Waals surface area contributed by atoms with E-state index in [0.717, 1.165) is 10.1 Å². The molecule has 0 bridgehead atoms. The highest BCUT2D eigenvalue weighted by molar-refractivity contribution is 7.18. The summed E-state index contributed by atoms with van der Waals surface area (Å²) in [5.41, 5.74) is 0.685. The zero-order chi connectivity index (χ0) is 10.8. The van der Waals surface area contributed by atoms with E-state index in [2.05, 4.69) is 15.2 Å². The minimum absolute atomic E-state index is 0.596. The maximum Gasteiger partial charge on any atom is 0.208 e. The Morgan fingerprint density at radius 2 is 2.13 bits per heavy atom. The van der Waals surface area contributed by atoms with E-state index in [-0.39, 0.29) is 0 Å². The molecule has 0 N–H and O–H groups in total. The third kappa shape index (κ3) is 2.08. The summed E-state index contributed by atoms with van der Waals surface area (Å²) in [5, 5.41) is 10.3. The lowest BCUT2D eigenvalue weighted by atomic mass is 10.4. The van der Waals surface area contributed by atoms with Gasteiger partial charge in [-0.25, -0.2) is 0 Å². The molecule has 0 fully saturated rings. The minimum Gasteiger partial charge on any atom is -0.353 e. The van der Waals surface area contributed by atoms with Crippen LogP contribution in [0, 0.1) is 0 Å². The van der Waals surface area contributed by atoms with Crippen molar-refractivity contribution >= 4 is 28.1 Å². The highest BCUT2D eigenvalue weighted by Crippen LogP contribution is 2.30. The first-order valence-electron chi connectivity index (χ1n) is 4.30. The van der Waals surface area contributed by atoms with Gasteiger partial charge >= 0.3 is 0 Å². The van der Waals surface area contributed by atoms with Crippen LogP contribution in [0.5, 0.6) is 0 Å². The number of rotatable bonds is 2. The van der Waals surface area contributed by atoms with Gasteiger partial charge in [0.1, 0.15) is 5.69 Å². The van der Waals surface area contributed by atoms with Crippen LogP contribution in [0.4, 0.5) is 5.13 Å². The minimum atomic E-state index is 0.596. The lowest BCUT2D eigenvalue weighted by molar-refractivity contribution is 1.02. The molecule has 2 aromatic heterocycles. The van der Waals surface area contributed by atoms with Gasteiger partial charge in [0.25, 0.3) is 0 Å². The molecule has 0 atom stereocenters. The Bertz CT molecular complexity index is 469. The molecule has 0 amide bonds. The second-order valence-electron chi connectivity index (χ2n) is 3.12. The number of nitrogens with zero attached hydrogens (tertiary/aromatic N) is 4. The van der Waals surface area contributed by atoms with Crippen LogP contribution in [-0.4, -0.2) is 29.3 Å². The predicted molar refractivity (Wildman–Crippen MR) is 62.5 cm³/mol. The largest absolute Gasteiger partial charge is 0.353 e. The second-order valence-corrected chi connectivity index (χ2v) is 4.48. The molecule has 0 saturated carbocycles. The van der Waals surface area contributed by atoms with Crippen molar-refractivity contribution in [3.05, 3.63) is 23.4 Å². The summed E-state index contributed by atoms with van der Waals surface area (Å²) in [6.07, 6.45) is 1.69. The molecule has 0 unspecified atom stereocenters. The third-order valence-electron chi connectivity index (χ3n) is 1.76. The van der Waals surface area contributed by atoms with Crippen LogP contribution in [0.1, 0.15) is 0 Å². The molecule has 15 heavy (non-hydrogen) atoms. The van der Waals surface area contributed by atoms with E-state index in [0.29, 0.717) is 10.7 Å². The van der Waals surface area contributed by atoms with Gasteiger partial charge in [-0.1, -0.05) is 22.9 Å². The van der Waals surface area contributed by atoms with Crippen LogP contribution in [0.3, 0.4) is 0 Å². The van der Waals surface area contributed by atoms with E-state index >= 15 is 0 Å². The number of anilines is 1. The molecule has 0 aliphatic heterocycles. The van der Waals surface area contributed by atoms with Crippen LogP contribution >= 0.6 is 22.9 Å². The standard InChI is InChI=1S/C9H9ClN4S/c1-14(2)9-13-12-8(15-9)7-6(10)4-3-5-11-7/h3-5H,1-2H3. The van der Waals surface area contributed by atoms with Gasteiger partial charge in [-0.3, -0.25) is 4.98 Å². The zero-order valence-corrected chi connectivity index (χ0v) is 9.88. The van der Waals surface area contributed by atoms with Gasteiger partial charge < -0.3 is 4.90 Å².